The highest BCUT2D eigenvalue weighted by molar-refractivity contribution is 5.84. The first kappa shape index (κ1) is 13.2. The first-order valence-electron chi connectivity index (χ1n) is 7.26. The highest BCUT2D eigenvalue weighted by Crippen LogP contribution is 2.45. The summed E-state index contributed by atoms with van der Waals surface area (Å²) in [6.07, 6.45) is 3.99. The zero-order valence-corrected chi connectivity index (χ0v) is 12.4. The van der Waals surface area contributed by atoms with Crippen molar-refractivity contribution in [2.45, 2.75) is 33.2 Å². The fourth-order valence-corrected chi connectivity index (χ4v) is 3.38. The number of hydrogen-bond acceptors (Lipinski definition) is 1. The van der Waals surface area contributed by atoms with Gasteiger partial charge < -0.3 is 9.88 Å². The number of carbonyl (C=O) groups excluding carboxylic acids is 1. The molecule has 0 radical (unpaired) electrons. The molecule has 1 saturated carbocycles. The molecule has 3 heteroatoms. The summed E-state index contributed by atoms with van der Waals surface area (Å²) in [5.74, 6) is 0.511. The van der Waals surface area contributed by atoms with Crippen molar-refractivity contribution < 1.29 is 4.79 Å². The van der Waals surface area contributed by atoms with Gasteiger partial charge in [-0.2, -0.15) is 0 Å². The smallest absolute Gasteiger partial charge is 0.225 e. The van der Waals surface area contributed by atoms with Crippen molar-refractivity contribution in [1.29, 1.82) is 0 Å². The second-order valence-electron chi connectivity index (χ2n) is 6.82. The summed E-state index contributed by atoms with van der Waals surface area (Å²) in [5, 5.41) is 1.21. The van der Waals surface area contributed by atoms with Crippen LogP contribution in [0.5, 0.6) is 0 Å². The average Bonchev–Trinajstić information content (AvgIpc) is 2.84. The fraction of sp³-hybridized carbons (Fsp3) is 0.471. The van der Waals surface area contributed by atoms with Gasteiger partial charge in [-0.3, -0.25) is 4.79 Å². The summed E-state index contributed by atoms with van der Waals surface area (Å²) in [6, 6.07) is 8.29. The Morgan fingerprint density at radius 3 is 2.80 bits per heavy atom. The standard InChI is InChI=1S/C17H22N2O/c1-17(2)9-13(10-17)16(20)19(3)11-12-5-4-6-15-14(12)7-8-18-15/h4-8,13,18H,9-11H2,1-3H3. The van der Waals surface area contributed by atoms with E-state index in [2.05, 4.69) is 37.0 Å². The van der Waals surface area contributed by atoms with E-state index in [0.717, 1.165) is 18.4 Å². The molecule has 0 bridgehead atoms. The lowest BCUT2D eigenvalue weighted by Crippen LogP contribution is -2.43. The maximum absolute atomic E-state index is 12.4. The molecule has 3 rings (SSSR count). The normalized spacial score (nSPS) is 17.9. The lowest BCUT2D eigenvalue weighted by molar-refractivity contribution is -0.141. The SMILES string of the molecule is CN(Cc1cccc2[nH]ccc12)C(=O)C1CC(C)(C)C1. The zero-order valence-electron chi connectivity index (χ0n) is 12.4. The number of hydrogen-bond donors (Lipinski definition) is 1. The van der Waals surface area contributed by atoms with E-state index in [9.17, 15) is 4.79 Å². The summed E-state index contributed by atoms with van der Waals surface area (Å²) in [5.41, 5.74) is 2.69. The first-order valence-corrected chi connectivity index (χ1v) is 7.26. The molecule has 0 aliphatic heterocycles. The molecule has 0 atom stereocenters. The van der Waals surface area contributed by atoms with Crippen LogP contribution in [0, 0.1) is 11.3 Å². The lowest BCUT2D eigenvalue weighted by atomic mass is 9.64. The molecule has 20 heavy (non-hydrogen) atoms. The van der Waals surface area contributed by atoms with Gasteiger partial charge in [0, 0.05) is 36.6 Å². The van der Waals surface area contributed by atoms with Gasteiger partial charge in [0.1, 0.15) is 0 Å². The minimum absolute atomic E-state index is 0.223. The van der Waals surface area contributed by atoms with Crippen molar-refractivity contribution >= 4 is 16.8 Å². The predicted octanol–water partition coefficient (Wildman–Crippen LogP) is 3.56. The largest absolute Gasteiger partial charge is 0.361 e. The Bertz CT molecular complexity index is 633. The summed E-state index contributed by atoms with van der Waals surface area (Å²) < 4.78 is 0. The van der Waals surface area contributed by atoms with E-state index < -0.39 is 0 Å². The molecule has 0 spiro atoms. The van der Waals surface area contributed by atoms with Crippen LogP contribution < -0.4 is 0 Å². The minimum atomic E-state index is 0.223. The minimum Gasteiger partial charge on any atom is -0.361 e. The van der Waals surface area contributed by atoms with E-state index in [1.807, 2.05) is 24.2 Å². The van der Waals surface area contributed by atoms with E-state index in [-0.39, 0.29) is 11.8 Å². The Labute approximate surface area is 120 Å². The Morgan fingerprint density at radius 1 is 1.35 bits per heavy atom. The maximum atomic E-state index is 12.4. The average molecular weight is 270 g/mol. The highest BCUT2D eigenvalue weighted by Gasteiger charge is 2.41. The second kappa shape index (κ2) is 4.65. The molecule has 0 saturated heterocycles. The quantitative estimate of drug-likeness (QED) is 0.909. The number of amides is 1. The third-order valence-corrected chi connectivity index (χ3v) is 4.42. The van der Waals surface area contributed by atoms with E-state index in [0.29, 0.717) is 12.0 Å². The van der Waals surface area contributed by atoms with E-state index in [4.69, 9.17) is 0 Å². The van der Waals surface area contributed by atoms with Crippen LogP contribution in [-0.2, 0) is 11.3 Å². The molecule has 1 N–H and O–H groups in total. The maximum Gasteiger partial charge on any atom is 0.225 e. The number of nitrogens with zero attached hydrogens (tertiary/aromatic N) is 1. The van der Waals surface area contributed by atoms with Crippen LogP contribution in [-0.4, -0.2) is 22.8 Å². The summed E-state index contributed by atoms with van der Waals surface area (Å²) in [4.78, 5) is 17.5. The molecule has 106 valence electrons. The zero-order chi connectivity index (χ0) is 14.3. The van der Waals surface area contributed by atoms with Crippen LogP contribution in [0.15, 0.2) is 30.5 Å². The number of carbonyl (C=O) groups is 1. The molecule has 1 fully saturated rings. The van der Waals surface area contributed by atoms with E-state index in [1.54, 1.807) is 0 Å². The van der Waals surface area contributed by atoms with Gasteiger partial charge in [0.25, 0.3) is 0 Å². The van der Waals surface area contributed by atoms with Gasteiger partial charge in [0.2, 0.25) is 5.91 Å². The topological polar surface area (TPSA) is 36.1 Å². The number of rotatable bonds is 3. The molecular weight excluding hydrogens is 248 g/mol. The van der Waals surface area contributed by atoms with Gasteiger partial charge in [0.05, 0.1) is 0 Å². The third-order valence-electron chi connectivity index (χ3n) is 4.42. The molecule has 3 nitrogen and oxygen atoms in total. The van der Waals surface area contributed by atoms with Gasteiger partial charge in [0.15, 0.2) is 0 Å². The van der Waals surface area contributed by atoms with Crippen molar-refractivity contribution in [3.63, 3.8) is 0 Å². The fourth-order valence-electron chi connectivity index (χ4n) is 3.38. The van der Waals surface area contributed by atoms with Gasteiger partial charge >= 0.3 is 0 Å². The monoisotopic (exact) mass is 270 g/mol. The molecular formula is C17H22N2O. The van der Waals surface area contributed by atoms with Crippen LogP contribution in [0.2, 0.25) is 0 Å². The number of H-pyrrole nitrogens is 1. The van der Waals surface area contributed by atoms with Crippen molar-refractivity contribution in [2.75, 3.05) is 7.05 Å². The van der Waals surface area contributed by atoms with Gasteiger partial charge in [-0.1, -0.05) is 26.0 Å². The lowest BCUT2D eigenvalue weighted by Gasteiger charge is -2.43. The van der Waals surface area contributed by atoms with Gasteiger partial charge in [-0.05, 0) is 36.0 Å². The van der Waals surface area contributed by atoms with Crippen LogP contribution in [0.25, 0.3) is 10.9 Å². The van der Waals surface area contributed by atoms with Crippen LogP contribution >= 0.6 is 0 Å². The Balaban J connectivity index is 1.71. The first-order chi connectivity index (χ1) is 9.46. The number of nitrogens with one attached hydrogen (secondary N) is 1. The van der Waals surface area contributed by atoms with Gasteiger partial charge in [-0.15, -0.1) is 0 Å². The molecule has 0 unspecified atom stereocenters. The Hall–Kier alpha value is -1.77. The predicted molar refractivity (Wildman–Crippen MR) is 81.3 cm³/mol. The van der Waals surface area contributed by atoms with Crippen molar-refractivity contribution in [2.24, 2.45) is 11.3 Å². The summed E-state index contributed by atoms with van der Waals surface area (Å²) >= 11 is 0. The van der Waals surface area contributed by atoms with Gasteiger partial charge in [-0.25, -0.2) is 0 Å². The second-order valence-corrected chi connectivity index (χ2v) is 6.82. The Kier molecular flexibility index (Phi) is 3.08. The van der Waals surface area contributed by atoms with Crippen LogP contribution in [0.4, 0.5) is 0 Å². The van der Waals surface area contributed by atoms with Crippen LogP contribution in [0.1, 0.15) is 32.3 Å². The molecule has 1 aliphatic rings. The molecule has 1 heterocycles. The number of benzene rings is 1. The third kappa shape index (κ3) is 2.33. The molecule has 1 aromatic heterocycles. The molecule has 1 amide bonds. The number of aromatic amines is 1. The Morgan fingerprint density at radius 2 is 2.10 bits per heavy atom. The number of aromatic nitrogens is 1. The molecule has 1 aliphatic carbocycles. The van der Waals surface area contributed by atoms with Crippen molar-refractivity contribution in [3.05, 3.63) is 36.0 Å². The molecule has 1 aromatic carbocycles. The summed E-state index contributed by atoms with van der Waals surface area (Å²) in [6.45, 7) is 5.15. The van der Waals surface area contributed by atoms with Crippen molar-refractivity contribution in [3.8, 4) is 0 Å². The van der Waals surface area contributed by atoms with E-state index in [1.165, 1.54) is 10.9 Å². The van der Waals surface area contributed by atoms with Crippen molar-refractivity contribution in [1.82, 2.24) is 9.88 Å². The summed E-state index contributed by atoms with van der Waals surface area (Å²) in [7, 11) is 1.92. The van der Waals surface area contributed by atoms with Crippen LogP contribution in [0.3, 0.4) is 0 Å². The van der Waals surface area contributed by atoms with E-state index >= 15 is 0 Å². The molecule has 2 aromatic rings. The number of fused-ring (bicyclic) bond motifs is 1. The highest BCUT2D eigenvalue weighted by atomic mass is 16.2.